The van der Waals surface area contributed by atoms with E-state index < -0.39 is 0 Å². The fourth-order valence-corrected chi connectivity index (χ4v) is 5.00. The lowest BCUT2D eigenvalue weighted by Gasteiger charge is -2.51. The van der Waals surface area contributed by atoms with Crippen molar-refractivity contribution in [2.45, 2.75) is 50.9 Å². The summed E-state index contributed by atoms with van der Waals surface area (Å²) in [5.74, 6) is 1.90. The van der Waals surface area contributed by atoms with Crippen LogP contribution in [-0.4, -0.2) is 47.6 Å². The summed E-state index contributed by atoms with van der Waals surface area (Å²) >= 11 is 0. The Morgan fingerprint density at radius 2 is 1.79 bits per heavy atom. The second-order valence-electron chi connectivity index (χ2n) is 8.53. The van der Waals surface area contributed by atoms with Crippen molar-refractivity contribution in [3.05, 3.63) is 59.7 Å². The third-order valence-electron chi connectivity index (χ3n) is 6.63. The van der Waals surface area contributed by atoms with E-state index >= 15 is 0 Å². The molecule has 1 fully saturated rings. The lowest BCUT2D eigenvalue weighted by Crippen LogP contribution is -2.59. The minimum absolute atomic E-state index is 0.213. The van der Waals surface area contributed by atoms with Gasteiger partial charge >= 0.3 is 0 Å². The largest absolute Gasteiger partial charge is 0.496 e. The van der Waals surface area contributed by atoms with Gasteiger partial charge in [0.2, 0.25) is 5.72 Å². The SMILES string of the molecule is COc1ccccc1C1=NN2C(C1)c1ccccc1OC21CCN(C(C)C)CC1. The van der Waals surface area contributed by atoms with Crippen molar-refractivity contribution in [3.8, 4) is 11.5 Å². The van der Waals surface area contributed by atoms with E-state index in [4.69, 9.17) is 14.6 Å². The van der Waals surface area contributed by atoms with Crippen LogP contribution in [0, 0.1) is 0 Å². The van der Waals surface area contributed by atoms with Crippen molar-refractivity contribution in [1.29, 1.82) is 0 Å². The van der Waals surface area contributed by atoms with Gasteiger partial charge in [0.25, 0.3) is 0 Å². The third kappa shape index (κ3) is 2.99. The number of piperidine rings is 1. The van der Waals surface area contributed by atoms with Crippen molar-refractivity contribution in [2.75, 3.05) is 20.2 Å². The standard InChI is InChI=1S/C24H29N3O2/c1-17(2)26-14-12-24(13-15-26)27-21(19-9-5-7-11-23(19)29-24)16-20(25-27)18-8-4-6-10-22(18)28-3/h4-11,17,21H,12-16H2,1-3H3. The number of nitrogens with zero attached hydrogens (tertiary/aromatic N) is 3. The minimum atomic E-state index is -0.367. The Balaban J connectivity index is 1.55. The van der Waals surface area contributed by atoms with Crippen molar-refractivity contribution >= 4 is 5.71 Å². The molecule has 152 valence electrons. The Morgan fingerprint density at radius 1 is 1.07 bits per heavy atom. The highest BCUT2D eigenvalue weighted by Crippen LogP contribution is 2.50. The first-order valence-electron chi connectivity index (χ1n) is 10.6. The predicted molar refractivity (Wildman–Crippen MR) is 114 cm³/mol. The summed E-state index contributed by atoms with van der Waals surface area (Å²) in [6.45, 7) is 6.60. The number of ether oxygens (including phenoxy) is 2. The summed E-state index contributed by atoms with van der Waals surface area (Å²) in [4.78, 5) is 2.53. The van der Waals surface area contributed by atoms with Crippen LogP contribution in [0.25, 0.3) is 0 Å². The molecule has 2 aromatic carbocycles. The van der Waals surface area contributed by atoms with E-state index in [1.165, 1.54) is 5.56 Å². The lowest BCUT2D eigenvalue weighted by molar-refractivity contribution is -0.152. The van der Waals surface area contributed by atoms with Gasteiger partial charge in [-0.25, -0.2) is 5.01 Å². The fraction of sp³-hybridized carbons (Fsp3) is 0.458. The van der Waals surface area contributed by atoms with Crippen molar-refractivity contribution in [3.63, 3.8) is 0 Å². The Kier molecular flexibility index (Phi) is 4.50. The van der Waals surface area contributed by atoms with Gasteiger partial charge in [-0.05, 0) is 32.0 Å². The van der Waals surface area contributed by atoms with Crippen molar-refractivity contribution < 1.29 is 9.47 Å². The van der Waals surface area contributed by atoms with Crippen molar-refractivity contribution in [1.82, 2.24) is 9.91 Å². The maximum Gasteiger partial charge on any atom is 0.200 e. The number of hydrazone groups is 1. The van der Waals surface area contributed by atoms with E-state index in [0.29, 0.717) is 6.04 Å². The molecule has 3 aliphatic rings. The van der Waals surface area contributed by atoms with E-state index in [1.54, 1.807) is 7.11 Å². The molecule has 2 aromatic rings. The zero-order chi connectivity index (χ0) is 20.0. The molecule has 3 aliphatic heterocycles. The van der Waals surface area contributed by atoms with Gasteiger partial charge in [0.15, 0.2) is 0 Å². The number of hydrogen-bond acceptors (Lipinski definition) is 5. The van der Waals surface area contributed by atoms with E-state index in [-0.39, 0.29) is 11.8 Å². The smallest absolute Gasteiger partial charge is 0.200 e. The topological polar surface area (TPSA) is 37.3 Å². The fourth-order valence-electron chi connectivity index (χ4n) is 5.00. The van der Waals surface area contributed by atoms with Crippen LogP contribution < -0.4 is 9.47 Å². The average Bonchev–Trinajstić information content (AvgIpc) is 3.21. The Hall–Kier alpha value is -2.53. The second kappa shape index (κ2) is 7.06. The zero-order valence-corrected chi connectivity index (χ0v) is 17.5. The van der Waals surface area contributed by atoms with Crippen LogP contribution in [0.15, 0.2) is 53.6 Å². The van der Waals surface area contributed by atoms with Gasteiger partial charge in [-0.3, -0.25) is 0 Å². The van der Waals surface area contributed by atoms with Gasteiger partial charge in [-0.1, -0.05) is 30.3 Å². The molecule has 5 heteroatoms. The normalized spacial score (nSPS) is 22.8. The molecule has 5 rings (SSSR count). The number of fused-ring (bicyclic) bond motifs is 4. The molecule has 29 heavy (non-hydrogen) atoms. The Morgan fingerprint density at radius 3 is 2.55 bits per heavy atom. The van der Waals surface area contributed by atoms with Crippen LogP contribution in [0.4, 0.5) is 0 Å². The molecule has 3 heterocycles. The highest BCUT2D eigenvalue weighted by Gasteiger charge is 2.52. The first-order chi connectivity index (χ1) is 14.1. The number of methoxy groups -OCH3 is 1. The van der Waals surface area contributed by atoms with Gasteiger partial charge in [0.05, 0.1) is 18.9 Å². The van der Waals surface area contributed by atoms with E-state index in [0.717, 1.165) is 55.1 Å². The number of rotatable bonds is 3. The monoisotopic (exact) mass is 391 g/mol. The Bertz CT molecular complexity index is 931. The van der Waals surface area contributed by atoms with Crippen LogP contribution >= 0.6 is 0 Å². The van der Waals surface area contributed by atoms with E-state index in [1.807, 2.05) is 12.1 Å². The first-order valence-corrected chi connectivity index (χ1v) is 10.6. The summed E-state index contributed by atoms with van der Waals surface area (Å²) in [7, 11) is 1.73. The maximum absolute atomic E-state index is 6.70. The molecular formula is C24H29N3O2. The van der Waals surface area contributed by atoms with E-state index in [2.05, 4.69) is 60.2 Å². The second-order valence-corrected chi connectivity index (χ2v) is 8.53. The third-order valence-corrected chi connectivity index (χ3v) is 6.63. The summed E-state index contributed by atoms with van der Waals surface area (Å²) in [6, 6.07) is 17.4. The van der Waals surface area contributed by atoms with Crippen LogP contribution in [0.3, 0.4) is 0 Å². The van der Waals surface area contributed by atoms with Gasteiger partial charge in [-0.2, -0.15) is 5.10 Å². The molecule has 0 saturated carbocycles. The highest BCUT2D eigenvalue weighted by molar-refractivity contribution is 6.04. The van der Waals surface area contributed by atoms with Gasteiger partial charge < -0.3 is 14.4 Å². The molecule has 1 unspecified atom stereocenters. The molecular weight excluding hydrogens is 362 g/mol. The molecule has 5 nitrogen and oxygen atoms in total. The van der Waals surface area contributed by atoms with E-state index in [9.17, 15) is 0 Å². The van der Waals surface area contributed by atoms with Gasteiger partial charge in [-0.15, -0.1) is 0 Å². The number of para-hydroxylation sites is 2. The summed E-state index contributed by atoms with van der Waals surface area (Å²) in [5, 5.41) is 7.43. The number of benzene rings is 2. The first kappa shape index (κ1) is 18.5. The zero-order valence-electron chi connectivity index (χ0n) is 17.5. The molecule has 0 aromatic heterocycles. The minimum Gasteiger partial charge on any atom is -0.496 e. The summed E-state index contributed by atoms with van der Waals surface area (Å²) in [5.41, 5.74) is 3.03. The van der Waals surface area contributed by atoms with Crippen LogP contribution in [-0.2, 0) is 0 Å². The average molecular weight is 392 g/mol. The lowest BCUT2D eigenvalue weighted by atomic mass is 9.90. The maximum atomic E-state index is 6.70. The molecule has 0 radical (unpaired) electrons. The molecule has 1 spiro atoms. The predicted octanol–water partition coefficient (Wildman–Crippen LogP) is 4.44. The summed E-state index contributed by atoms with van der Waals surface area (Å²) < 4.78 is 12.3. The highest BCUT2D eigenvalue weighted by atomic mass is 16.5. The van der Waals surface area contributed by atoms with Gasteiger partial charge in [0, 0.05) is 49.5 Å². The molecule has 0 aliphatic carbocycles. The van der Waals surface area contributed by atoms with Gasteiger partial charge in [0.1, 0.15) is 11.5 Å². The van der Waals surface area contributed by atoms with Crippen LogP contribution in [0.5, 0.6) is 11.5 Å². The van der Waals surface area contributed by atoms with Crippen molar-refractivity contribution in [2.24, 2.45) is 5.10 Å². The number of likely N-dealkylation sites (tertiary alicyclic amines) is 1. The van der Waals surface area contributed by atoms with Crippen LogP contribution in [0.2, 0.25) is 0 Å². The molecule has 0 N–H and O–H groups in total. The molecule has 1 atom stereocenters. The molecule has 1 saturated heterocycles. The van der Waals surface area contributed by atoms with Crippen LogP contribution in [0.1, 0.15) is 50.3 Å². The quantitative estimate of drug-likeness (QED) is 0.775. The molecule has 0 bridgehead atoms. The molecule has 0 amide bonds. The number of hydrogen-bond donors (Lipinski definition) is 0. The summed E-state index contributed by atoms with van der Waals surface area (Å²) in [6.07, 6.45) is 2.79. The Labute approximate surface area is 172 Å².